The highest BCUT2D eigenvalue weighted by Gasteiger charge is 2.32. The van der Waals surface area contributed by atoms with Gasteiger partial charge in [-0.15, -0.1) is 13.2 Å². The van der Waals surface area contributed by atoms with E-state index in [2.05, 4.69) is 4.74 Å². The maximum Gasteiger partial charge on any atom is 0.573 e. The fourth-order valence-electron chi connectivity index (χ4n) is 1.94. The van der Waals surface area contributed by atoms with E-state index in [9.17, 15) is 18.0 Å². The molecule has 0 amide bonds. The predicted molar refractivity (Wildman–Crippen MR) is 61.1 cm³/mol. The van der Waals surface area contributed by atoms with Gasteiger partial charge in [0.25, 0.3) is 0 Å². The van der Waals surface area contributed by atoms with Gasteiger partial charge in [-0.25, -0.2) is 0 Å². The van der Waals surface area contributed by atoms with Gasteiger partial charge in [0.2, 0.25) is 0 Å². The van der Waals surface area contributed by atoms with Crippen LogP contribution in [0.3, 0.4) is 0 Å². The van der Waals surface area contributed by atoms with Crippen molar-refractivity contribution in [2.75, 3.05) is 6.61 Å². The highest BCUT2D eigenvalue weighted by atomic mass is 19.4. The fourth-order valence-corrected chi connectivity index (χ4v) is 1.94. The molecular weight excluding hydrogens is 263 g/mol. The third-order valence-electron chi connectivity index (χ3n) is 2.59. The maximum absolute atomic E-state index is 12.3. The van der Waals surface area contributed by atoms with Gasteiger partial charge in [0.15, 0.2) is 12.0 Å². The minimum atomic E-state index is -4.82. The third kappa shape index (κ3) is 2.70. The lowest BCUT2D eigenvalue weighted by molar-refractivity contribution is -0.274. The number of rotatable bonds is 4. The van der Waals surface area contributed by atoms with Crippen LogP contribution in [0.2, 0.25) is 0 Å². The number of carbonyl (C=O) groups excluding carboxylic acids is 1. The lowest BCUT2D eigenvalue weighted by atomic mass is 10.2. The smallest absolute Gasteiger partial charge is 0.404 e. The molecule has 4 nitrogen and oxygen atoms in total. The van der Waals surface area contributed by atoms with Gasteiger partial charge in [0.1, 0.15) is 0 Å². The number of ether oxygens (including phenoxy) is 1. The van der Waals surface area contributed by atoms with Crippen LogP contribution in [0.1, 0.15) is 10.4 Å². The summed E-state index contributed by atoms with van der Waals surface area (Å²) in [7, 11) is 0. The van der Waals surface area contributed by atoms with Crippen LogP contribution < -0.4 is 4.74 Å². The Hall–Kier alpha value is -2.02. The summed E-state index contributed by atoms with van der Waals surface area (Å²) in [5.74, 6) is -0.397. The van der Waals surface area contributed by atoms with Crippen molar-refractivity contribution in [3.8, 4) is 5.75 Å². The number of halogens is 3. The summed E-state index contributed by atoms with van der Waals surface area (Å²) >= 11 is 0. The summed E-state index contributed by atoms with van der Waals surface area (Å²) in [5, 5.41) is 9.26. The summed E-state index contributed by atoms with van der Waals surface area (Å²) in [5.41, 5.74) is 0.382. The Kier molecular flexibility index (Phi) is 3.48. The van der Waals surface area contributed by atoms with Crippen LogP contribution in [-0.2, 0) is 6.54 Å². The largest absolute Gasteiger partial charge is 0.573 e. The average Bonchev–Trinajstić information content (AvgIpc) is 2.67. The lowest BCUT2D eigenvalue weighted by Crippen LogP contribution is -2.17. The first-order chi connectivity index (χ1) is 8.96. The minimum Gasteiger partial charge on any atom is -0.404 e. The average molecular weight is 273 g/mol. The van der Waals surface area contributed by atoms with Gasteiger partial charge in [-0.1, -0.05) is 12.1 Å². The number of para-hydroxylation sites is 1. The Morgan fingerprint density at radius 3 is 2.68 bits per heavy atom. The zero-order valence-electron chi connectivity index (χ0n) is 9.65. The van der Waals surface area contributed by atoms with Crippen molar-refractivity contribution in [2.24, 2.45) is 0 Å². The topological polar surface area (TPSA) is 51.5 Å². The van der Waals surface area contributed by atoms with Crippen molar-refractivity contribution in [1.82, 2.24) is 4.57 Å². The van der Waals surface area contributed by atoms with Crippen LogP contribution in [0.4, 0.5) is 13.2 Å². The number of hydrogen-bond donors (Lipinski definition) is 1. The van der Waals surface area contributed by atoms with Crippen molar-refractivity contribution in [1.29, 1.82) is 0 Å². The first-order valence-electron chi connectivity index (χ1n) is 5.40. The van der Waals surface area contributed by atoms with E-state index in [0.29, 0.717) is 11.7 Å². The van der Waals surface area contributed by atoms with Gasteiger partial charge in [-0.05, 0) is 6.07 Å². The van der Waals surface area contributed by atoms with Gasteiger partial charge in [0.05, 0.1) is 12.1 Å². The van der Waals surface area contributed by atoms with Crippen molar-refractivity contribution in [3.63, 3.8) is 0 Å². The summed E-state index contributed by atoms with van der Waals surface area (Å²) in [6.07, 6.45) is -2.88. The zero-order valence-corrected chi connectivity index (χ0v) is 9.65. The molecule has 0 aliphatic heterocycles. The number of aromatic nitrogens is 1. The zero-order chi connectivity index (χ0) is 14.0. The molecule has 0 bridgehead atoms. The minimum absolute atomic E-state index is 0.0720. The standard InChI is InChI=1S/C12H10F3NO3/c13-12(14,15)19-10-3-1-2-9-8(7-18)6-16(4-5-17)11(9)10/h1-3,6-7,17H,4-5H2. The molecule has 102 valence electrons. The molecule has 0 radical (unpaired) electrons. The number of carbonyl (C=O) groups is 1. The second-order valence-corrected chi connectivity index (χ2v) is 3.82. The Morgan fingerprint density at radius 2 is 2.11 bits per heavy atom. The number of aliphatic hydroxyl groups is 1. The molecule has 7 heteroatoms. The van der Waals surface area contributed by atoms with E-state index in [1.807, 2.05) is 0 Å². The fraction of sp³-hybridized carbons (Fsp3) is 0.250. The molecule has 0 atom stereocenters. The molecule has 1 heterocycles. The van der Waals surface area contributed by atoms with E-state index in [-0.39, 0.29) is 24.2 Å². The first-order valence-corrected chi connectivity index (χ1v) is 5.40. The summed E-state index contributed by atoms with van der Waals surface area (Å²) in [4.78, 5) is 10.9. The number of aliphatic hydroxyl groups excluding tert-OH is 1. The normalized spacial score (nSPS) is 11.8. The van der Waals surface area contributed by atoms with Crippen LogP contribution in [-0.4, -0.2) is 28.9 Å². The van der Waals surface area contributed by atoms with Crippen LogP contribution >= 0.6 is 0 Å². The molecule has 0 unspecified atom stereocenters. The van der Waals surface area contributed by atoms with Gasteiger partial charge in [-0.2, -0.15) is 0 Å². The lowest BCUT2D eigenvalue weighted by Gasteiger charge is -2.12. The second kappa shape index (κ2) is 4.93. The van der Waals surface area contributed by atoms with Crippen LogP contribution in [0.15, 0.2) is 24.4 Å². The number of alkyl halides is 3. The monoisotopic (exact) mass is 273 g/mol. The quantitative estimate of drug-likeness (QED) is 0.870. The molecule has 0 fully saturated rings. The molecular formula is C12H10F3NO3. The molecule has 0 spiro atoms. The molecule has 1 aromatic heterocycles. The summed E-state index contributed by atoms with van der Waals surface area (Å²) in [6, 6.07) is 4.06. The molecule has 2 rings (SSSR count). The van der Waals surface area contributed by atoms with Crippen molar-refractivity contribution in [2.45, 2.75) is 12.9 Å². The van der Waals surface area contributed by atoms with Crippen molar-refractivity contribution >= 4 is 17.2 Å². The van der Waals surface area contributed by atoms with Crippen LogP contribution in [0.25, 0.3) is 10.9 Å². The number of aldehydes is 1. The summed E-state index contributed by atoms with van der Waals surface area (Å²) < 4.78 is 42.3. The van der Waals surface area contributed by atoms with E-state index in [4.69, 9.17) is 5.11 Å². The predicted octanol–water partition coefficient (Wildman–Crippen LogP) is 2.34. The molecule has 0 saturated carbocycles. The molecule has 2 aromatic rings. The van der Waals surface area contributed by atoms with Gasteiger partial charge in [0, 0.05) is 23.7 Å². The van der Waals surface area contributed by atoms with Crippen LogP contribution in [0.5, 0.6) is 5.75 Å². The summed E-state index contributed by atoms with van der Waals surface area (Å²) in [6.45, 7) is -0.189. The first kappa shape index (κ1) is 13.4. The van der Waals surface area contributed by atoms with E-state index in [0.717, 1.165) is 6.07 Å². The van der Waals surface area contributed by atoms with Crippen molar-refractivity contribution < 1.29 is 27.8 Å². The second-order valence-electron chi connectivity index (χ2n) is 3.82. The molecule has 0 saturated heterocycles. The van der Waals surface area contributed by atoms with Crippen molar-refractivity contribution in [3.05, 3.63) is 30.0 Å². The van der Waals surface area contributed by atoms with E-state index >= 15 is 0 Å². The van der Waals surface area contributed by atoms with Crippen LogP contribution in [0, 0.1) is 0 Å². The SMILES string of the molecule is O=Cc1cn(CCO)c2c(OC(F)(F)F)cccc12. The van der Waals surface area contributed by atoms with E-state index in [1.165, 1.54) is 22.9 Å². The highest BCUT2D eigenvalue weighted by molar-refractivity contribution is 6.00. The molecule has 0 aliphatic carbocycles. The molecule has 1 aromatic carbocycles. The number of benzene rings is 1. The van der Waals surface area contributed by atoms with Gasteiger partial charge >= 0.3 is 6.36 Å². The molecule has 19 heavy (non-hydrogen) atoms. The van der Waals surface area contributed by atoms with Gasteiger partial charge < -0.3 is 14.4 Å². The van der Waals surface area contributed by atoms with Gasteiger partial charge in [-0.3, -0.25) is 4.79 Å². The molecule has 1 N–H and O–H groups in total. The Balaban J connectivity index is 2.64. The number of hydrogen-bond acceptors (Lipinski definition) is 3. The number of nitrogens with zero attached hydrogens (tertiary/aromatic N) is 1. The van der Waals surface area contributed by atoms with E-state index < -0.39 is 12.1 Å². The number of fused-ring (bicyclic) bond motifs is 1. The molecule has 0 aliphatic rings. The third-order valence-corrected chi connectivity index (χ3v) is 2.59. The maximum atomic E-state index is 12.3. The van der Waals surface area contributed by atoms with E-state index in [1.54, 1.807) is 0 Å². The Morgan fingerprint density at radius 1 is 1.37 bits per heavy atom. The Bertz CT molecular complexity index is 604. The Labute approximate surface area is 106 Å². The highest BCUT2D eigenvalue weighted by Crippen LogP contribution is 2.32.